The normalized spacial score (nSPS) is 17.9. The standard InChI is InChI=1S/C18H26O/c1-14(2)13-18(10-4-5-11-18)17(19)12-16-8-6-15(3)7-9-16/h6-9,14H,4-5,10-13H2,1-3H3. The Morgan fingerprint density at radius 3 is 2.26 bits per heavy atom. The van der Waals surface area contributed by atoms with Gasteiger partial charge in [-0.15, -0.1) is 0 Å². The second-order valence-electron chi connectivity index (χ2n) is 6.67. The van der Waals surface area contributed by atoms with Gasteiger partial charge in [-0.05, 0) is 37.7 Å². The van der Waals surface area contributed by atoms with Crippen molar-refractivity contribution in [1.29, 1.82) is 0 Å². The Kier molecular flexibility index (Phi) is 4.44. The molecule has 19 heavy (non-hydrogen) atoms. The van der Waals surface area contributed by atoms with Gasteiger partial charge < -0.3 is 0 Å². The highest BCUT2D eigenvalue weighted by molar-refractivity contribution is 5.87. The van der Waals surface area contributed by atoms with Crippen LogP contribution in [-0.4, -0.2) is 5.78 Å². The van der Waals surface area contributed by atoms with Crippen LogP contribution in [0, 0.1) is 18.3 Å². The Morgan fingerprint density at radius 2 is 1.74 bits per heavy atom. The van der Waals surface area contributed by atoms with Crippen molar-refractivity contribution in [1.82, 2.24) is 0 Å². The first-order chi connectivity index (χ1) is 9.02. The molecule has 1 aromatic carbocycles. The maximum atomic E-state index is 12.8. The minimum absolute atomic E-state index is 0.0148. The van der Waals surface area contributed by atoms with E-state index in [0.29, 0.717) is 18.1 Å². The molecule has 0 N–H and O–H groups in total. The van der Waals surface area contributed by atoms with Crippen LogP contribution in [0.5, 0.6) is 0 Å². The Hall–Kier alpha value is -1.11. The average Bonchev–Trinajstić information content (AvgIpc) is 2.81. The van der Waals surface area contributed by atoms with E-state index in [2.05, 4.69) is 45.0 Å². The topological polar surface area (TPSA) is 17.1 Å². The number of ketones is 1. The predicted molar refractivity (Wildman–Crippen MR) is 80.2 cm³/mol. The van der Waals surface area contributed by atoms with Crippen LogP contribution in [0.1, 0.15) is 57.1 Å². The zero-order valence-electron chi connectivity index (χ0n) is 12.5. The van der Waals surface area contributed by atoms with Gasteiger partial charge in [0.05, 0.1) is 0 Å². The van der Waals surface area contributed by atoms with Crippen LogP contribution in [-0.2, 0) is 11.2 Å². The van der Waals surface area contributed by atoms with E-state index in [4.69, 9.17) is 0 Å². The molecule has 1 aliphatic carbocycles. The Bertz CT molecular complexity index is 422. The number of rotatable bonds is 5. The minimum Gasteiger partial charge on any atom is -0.299 e. The van der Waals surface area contributed by atoms with Gasteiger partial charge in [-0.1, -0.05) is 56.5 Å². The number of Topliss-reactive ketones (excluding diaryl/α,β-unsaturated/α-hetero) is 1. The van der Waals surface area contributed by atoms with Gasteiger partial charge in [0, 0.05) is 11.8 Å². The lowest BCUT2D eigenvalue weighted by Gasteiger charge is -2.29. The van der Waals surface area contributed by atoms with E-state index in [-0.39, 0.29) is 5.41 Å². The second kappa shape index (κ2) is 5.90. The molecule has 0 heterocycles. The van der Waals surface area contributed by atoms with E-state index in [1.807, 2.05) is 0 Å². The van der Waals surface area contributed by atoms with E-state index in [1.165, 1.54) is 24.0 Å². The van der Waals surface area contributed by atoms with Gasteiger partial charge in [0.15, 0.2) is 0 Å². The quantitative estimate of drug-likeness (QED) is 0.747. The number of hydrogen-bond acceptors (Lipinski definition) is 1. The molecule has 0 saturated heterocycles. The van der Waals surface area contributed by atoms with Gasteiger partial charge in [-0.3, -0.25) is 4.79 Å². The lowest BCUT2D eigenvalue weighted by Crippen LogP contribution is -2.31. The van der Waals surface area contributed by atoms with E-state index in [1.54, 1.807) is 0 Å². The first kappa shape index (κ1) is 14.3. The molecule has 0 atom stereocenters. The van der Waals surface area contributed by atoms with Gasteiger partial charge in [-0.2, -0.15) is 0 Å². The van der Waals surface area contributed by atoms with E-state index in [9.17, 15) is 4.79 Å². The zero-order chi connectivity index (χ0) is 13.9. The molecule has 0 unspecified atom stereocenters. The highest BCUT2D eigenvalue weighted by Gasteiger charge is 2.40. The molecule has 0 radical (unpaired) electrons. The lowest BCUT2D eigenvalue weighted by atomic mass is 9.73. The highest BCUT2D eigenvalue weighted by Crippen LogP contribution is 2.44. The van der Waals surface area contributed by atoms with Gasteiger partial charge in [-0.25, -0.2) is 0 Å². The van der Waals surface area contributed by atoms with Crippen LogP contribution >= 0.6 is 0 Å². The summed E-state index contributed by atoms with van der Waals surface area (Å²) in [6, 6.07) is 8.41. The number of hydrogen-bond donors (Lipinski definition) is 0. The van der Waals surface area contributed by atoms with Crippen molar-refractivity contribution in [3.05, 3.63) is 35.4 Å². The summed E-state index contributed by atoms with van der Waals surface area (Å²) in [6.45, 7) is 6.56. The molecule has 1 aliphatic rings. The SMILES string of the molecule is Cc1ccc(CC(=O)C2(CC(C)C)CCCC2)cc1. The van der Waals surface area contributed by atoms with Gasteiger partial charge in [0.25, 0.3) is 0 Å². The fourth-order valence-corrected chi connectivity index (χ4v) is 3.51. The highest BCUT2D eigenvalue weighted by atomic mass is 16.1. The third-order valence-electron chi connectivity index (χ3n) is 4.44. The number of benzene rings is 1. The molecule has 0 aromatic heterocycles. The minimum atomic E-state index is -0.0148. The summed E-state index contributed by atoms with van der Waals surface area (Å²) in [7, 11) is 0. The van der Waals surface area contributed by atoms with Crippen molar-refractivity contribution in [2.24, 2.45) is 11.3 Å². The molecule has 1 nitrogen and oxygen atoms in total. The van der Waals surface area contributed by atoms with Crippen molar-refractivity contribution in [3.63, 3.8) is 0 Å². The lowest BCUT2D eigenvalue weighted by molar-refractivity contribution is -0.128. The van der Waals surface area contributed by atoms with Gasteiger partial charge in [0.1, 0.15) is 5.78 Å². The fourth-order valence-electron chi connectivity index (χ4n) is 3.51. The molecule has 0 amide bonds. The van der Waals surface area contributed by atoms with Crippen LogP contribution in [0.4, 0.5) is 0 Å². The molecule has 0 spiro atoms. The maximum absolute atomic E-state index is 12.8. The van der Waals surface area contributed by atoms with Crippen molar-refractivity contribution < 1.29 is 4.79 Å². The largest absolute Gasteiger partial charge is 0.299 e. The molecule has 1 saturated carbocycles. The van der Waals surface area contributed by atoms with Gasteiger partial charge in [0.2, 0.25) is 0 Å². The summed E-state index contributed by atoms with van der Waals surface area (Å²) in [5, 5.41) is 0. The first-order valence-electron chi connectivity index (χ1n) is 7.61. The Morgan fingerprint density at radius 1 is 1.16 bits per heavy atom. The molecule has 1 heteroatoms. The summed E-state index contributed by atoms with van der Waals surface area (Å²) in [4.78, 5) is 12.8. The van der Waals surface area contributed by atoms with Crippen molar-refractivity contribution in [2.45, 2.75) is 59.3 Å². The third-order valence-corrected chi connectivity index (χ3v) is 4.44. The zero-order valence-corrected chi connectivity index (χ0v) is 12.5. The molecule has 1 fully saturated rings. The summed E-state index contributed by atoms with van der Waals surface area (Å²) >= 11 is 0. The monoisotopic (exact) mass is 258 g/mol. The van der Waals surface area contributed by atoms with Crippen molar-refractivity contribution >= 4 is 5.78 Å². The van der Waals surface area contributed by atoms with E-state index in [0.717, 1.165) is 19.3 Å². The molecule has 104 valence electrons. The summed E-state index contributed by atoms with van der Waals surface area (Å²) < 4.78 is 0. The van der Waals surface area contributed by atoms with Crippen LogP contribution in [0.3, 0.4) is 0 Å². The van der Waals surface area contributed by atoms with Crippen LogP contribution in [0.25, 0.3) is 0 Å². The van der Waals surface area contributed by atoms with Crippen LogP contribution < -0.4 is 0 Å². The second-order valence-corrected chi connectivity index (χ2v) is 6.67. The summed E-state index contributed by atoms with van der Waals surface area (Å²) in [5.41, 5.74) is 2.42. The fraction of sp³-hybridized carbons (Fsp3) is 0.611. The average molecular weight is 258 g/mol. The summed E-state index contributed by atoms with van der Waals surface area (Å²) in [5.74, 6) is 1.09. The summed E-state index contributed by atoms with van der Waals surface area (Å²) in [6.07, 6.45) is 6.36. The number of carbonyl (C=O) groups excluding carboxylic acids is 1. The maximum Gasteiger partial charge on any atom is 0.143 e. The Labute approximate surface area is 117 Å². The van der Waals surface area contributed by atoms with E-state index < -0.39 is 0 Å². The predicted octanol–water partition coefficient (Wildman–Crippen LogP) is 4.71. The molecule has 0 aliphatic heterocycles. The third kappa shape index (κ3) is 3.46. The molecule has 1 aromatic rings. The van der Waals surface area contributed by atoms with Crippen LogP contribution in [0.2, 0.25) is 0 Å². The molecular formula is C18H26O. The smallest absolute Gasteiger partial charge is 0.143 e. The van der Waals surface area contributed by atoms with Gasteiger partial charge >= 0.3 is 0 Å². The Balaban J connectivity index is 2.09. The van der Waals surface area contributed by atoms with E-state index >= 15 is 0 Å². The number of aryl methyl sites for hydroxylation is 1. The van der Waals surface area contributed by atoms with Crippen molar-refractivity contribution in [2.75, 3.05) is 0 Å². The van der Waals surface area contributed by atoms with Crippen LogP contribution in [0.15, 0.2) is 24.3 Å². The molecular weight excluding hydrogens is 232 g/mol. The first-order valence-corrected chi connectivity index (χ1v) is 7.61. The molecule has 0 bridgehead atoms. The molecule has 2 rings (SSSR count). The van der Waals surface area contributed by atoms with Crippen molar-refractivity contribution in [3.8, 4) is 0 Å². The number of carbonyl (C=O) groups is 1.